The number of aryl methyl sites for hydroxylation is 1. The van der Waals surface area contributed by atoms with Gasteiger partial charge in [0, 0.05) is 28.5 Å². The first-order valence-corrected chi connectivity index (χ1v) is 10.3. The second-order valence-electron chi connectivity index (χ2n) is 6.43. The maximum Gasteiger partial charge on any atom is 0.257 e. The highest BCUT2D eigenvalue weighted by molar-refractivity contribution is 7.98. The van der Waals surface area contributed by atoms with E-state index >= 15 is 0 Å². The molecule has 0 fully saturated rings. The lowest BCUT2D eigenvalue weighted by Crippen LogP contribution is -2.12. The van der Waals surface area contributed by atoms with Crippen LogP contribution in [0.5, 0.6) is 0 Å². The maximum atomic E-state index is 12.5. The highest BCUT2D eigenvalue weighted by Crippen LogP contribution is 2.25. The summed E-state index contributed by atoms with van der Waals surface area (Å²) in [6.07, 6.45) is 5.96. The first-order valence-electron chi connectivity index (χ1n) is 8.75. The van der Waals surface area contributed by atoms with E-state index in [4.69, 9.17) is 16.6 Å². The Morgan fingerprint density at radius 3 is 2.61 bits per heavy atom. The molecule has 2 heterocycles. The SMILES string of the molecule is CSc1ccc(C(=O)Nc2ccc(-c3cn4cccc(C)c4n3)cc2)c(Cl)c1. The molecule has 0 bridgehead atoms. The van der Waals surface area contributed by atoms with Gasteiger partial charge in [-0.15, -0.1) is 11.8 Å². The van der Waals surface area contributed by atoms with Crippen LogP contribution in [0.4, 0.5) is 5.69 Å². The smallest absolute Gasteiger partial charge is 0.257 e. The minimum Gasteiger partial charge on any atom is -0.322 e. The summed E-state index contributed by atoms with van der Waals surface area (Å²) in [7, 11) is 0. The summed E-state index contributed by atoms with van der Waals surface area (Å²) in [4.78, 5) is 18.3. The third-order valence-electron chi connectivity index (χ3n) is 4.54. The van der Waals surface area contributed by atoms with Gasteiger partial charge >= 0.3 is 0 Å². The number of aromatic nitrogens is 2. The van der Waals surface area contributed by atoms with E-state index in [0.29, 0.717) is 16.3 Å². The lowest BCUT2D eigenvalue weighted by molar-refractivity contribution is 0.102. The first-order chi connectivity index (χ1) is 13.5. The van der Waals surface area contributed by atoms with Crippen molar-refractivity contribution < 1.29 is 4.79 Å². The average molecular weight is 408 g/mol. The molecule has 140 valence electrons. The molecular weight excluding hydrogens is 390 g/mol. The third kappa shape index (κ3) is 3.63. The van der Waals surface area contributed by atoms with Gasteiger partial charge in [0.25, 0.3) is 5.91 Å². The van der Waals surface area contributed by atoms with E-state index in [1.165, 1.54) is 0 Å². The molecule has 0 saturated carbocycles. The number of thioether (sulfide) groups is 1. The molecule has 0 spiro atoms. The number of fused-ring (bicyclic) bond motifs is 1. The fourth-order valence-corrected chi connectivity index (χ4v) is 3.79. The number of nitrogens with one attached hydrogen (secondary N) is 1. The zero-order valence-electron chi connectivity index (χ0n) is 15.4. The van der Waals surface area contributed by atoms with Crippen LogP contribution in [-0.2, 0) is 0 Å². The Kier molecular flexibility index (Phi) is 5.11. The molecule has 4 nitrogen and oxygen atoms in total. The molecule has 0 radical (unpaired) electrons. The van der Waals surface area contributed by atoms with Crippen molar-refractivity contribution in [2.45, 2.75) is 11.8 Å². The summed E-state index contributed by atoms with van der Waals surface area (Å²) in [5.41, 5.74) is 5.12. The van der Waals surface area contributed by atoms with Gasteiger partial charge in [-0.2, -0.15) is 0 Å². The van der Waals surface area contributed by atoms with E-state index in [1.54, 1.807) is 23.9 Å². The molecule has 0 atom stereocenters. The minimum absolute atomic E-state index is 0.228. The largest absolute Gasteiger partial charge is 0.322 e. The van der Waals surface area contributed by atoms with Crippen LogP contribution < -0.4 is 5.32 Å². The lowest BCUT2D eigenvalue weighted by Gasteiger charge is -2.08. The number of carbonyl (C=O) groups is 1. The summed E-state index contributed by atoms with van der Waals surface area (Å²) in [5, 5.41) is 3.34. The number of pyridine rings is 1. The van der Waals surface area contributed by atoms with Crippen molar-refractivity contribution in [2.24, 2.45) is 0 Å². The number of amides is 1. The van der Waals surface area contributed by atoms with Crippen LogP contribution in [0.1, 0.15) is 15.9 Å². The normalized spacial score (nSPS) is 11.0. The molecule has 1 amide bonds. The molecule has 4 aromatic rings. The van der Waals surface area contributed by atoms with E-state index < -0.39 is 0 Å². The van der Waals surface area contributed by atoms with E-state index in [9.17, 15) is 4.79 Å². The zero-order chi connectivity index (χ0) is 19.7. The summed E-state index contributed by atoms with van der Waals surface area (Å²) in [5.74, 6) is -0.228. The van der Waals surface area contributed by atoms with Crippen LogP contribution in [-0.4, -0.2) is 21.5 Å². The lowest BCUT2D eigenvalue weighted by atomic mass is 10.1. The summed E-state index contributed by atoms with van der Waals surface area (Å²) in [6.45, 7) is 2.04. The molecule has 0 unspecified atom stereocenters. The van der Waals surface area contributed by atoms with Crippen LogP contribution in [0.3, 0.4) is 0 Å². The quantitative estimate of drug-likeness (QED) is 0.426. The van der Waals surface area contributed by atoms with Crippen LogP contribution >= 0.6 is 23.4 Å². The summed E-state index contributed by atoms with van der Waals surface area (Å²) >= 11 is 7.83. The van der Waals surface area contributed by atoms with Gasteiger partial charge in [-0.05, 0) is 55.1 Å². The minimum atomic E-state index is -0.228. The fraction of sp³-hybridized carbons (Fsp3) is 0.0909. The highest BCUT2D eigenvalue weighted by atomic mass is 35.5. The summed E-state index contributed by atoms with van der Waals surface area (Å²) in [6, 6.07) is 17.1. The Bertz CT molecular complexity index is 1170. The zero-order valence-corrected chi connectivity index (χ0v) is 17.0. The number of benzene rings is 2. The van der Waals surface area contributed by atoms with Crippen molar-refractivity contribution >= 4 is 40.6 Å². The van der Waals surface area contributed by atoms with E-state index in [-0.39, 0.29) is 5.91 Å². The standard InChI is InChI=1S/C22H18ClN3OS/c1-14-4-3-11-26-13-20(25-21(14)26)15-5-7-16(8-6-15)24-22(27)18-10-9-17(28-2)12-19(18)23/h3-13H,1-2H3,(H,24,27). The van der Waals surface area contributed by atoms with Crippen molar-refractivity contribution in [2.75, 3.05) is 11.6 Å². The second kappa shape index (κ2) is 7.70. The predicted molar refractivity (Wildman–Crippen MR) is 117 cm³/mol. The molecule has 28 heavy (non-hydrogen) atoms. The first kappa shape index (κ1) is 18.6. The monoisotopic (exact) mass is 407 g/mol. The predicted octanol–water partition coefficient (Wildman–Crippen LogP) is 5.94. The number of carbonyl (C=O) groups excluding carboxylic acids is 1. The number of hydrogen-bond acceptors (Lipinski definition) is 3. The maximum absolute atomic E-state index is 12.5. The highest BCUT2D eigenvalue weighted by Gasteiger charge is 2.12. The van der Waals surface area contributed by atoms with Gasteiger partial charge in [0.2, 0.25) is 0 Å². The Morgan fingerprint density at radius 2 is 1.93 bits per heavy atom. The Labute approximate surface area is 172 Å². The number of nitrogens with zero attached hydrogens (tertiary/aromatic N) is 2. The van der Waals surface area contributed by atoms with Gasteiger partial charge in [0.1, 0.15) is 5.65 Å². The van der Waals surface area contributed by atoms with Gasteiger partial charge in [-0.3, -0.25) is 4.79 Å². The van der Waals surface area contributed by atoms with Crippen molar-refractivity contribution in [3.63, 3.8) is 0 Å². The van der Waals surface area contributed by atoms with E-state index in [1.807, 2.05) is 72.4 Å². The van der Waals surface area contributed by atoms with Gasteiger partial charge in [-0.25, -0.2) is 4.98 Å². The third-order valence-corrected chi connectivity index (χ3v) is 5.58. The molecule has 2 aromatic heterocycles. The van der Waals surface area contributed by atoms with Crippen molar-refractivity contribution in [3.05, 3.63) is 83.1 Å². The number of imidazole rings is 1. The van der Waals surface area contributed by atoms with Gasteiger partial charge in [-0.1, -0.05) is 29.8 Å². The van der Waals surface area contributed by atoms with E-state index in [2.05, 4.69) is 5.32 Å². The Hall–Kier alpha value is -2.76. The molecule has 0 aliphatic carbocycles. The van der Waals surface area contributed by atoms with Gasteiger partial charge < -0.3 is 9.72 Å². The number of rotatable bonds is 4. The number of hydrogen-bond donors (Lipinski definition) is 1. The molecule has 6 heteroatoms. The summed E-state index contributed by atoms with van der Waals surface area (Å²) < 4.78 is 2.01. The molecule has 0 aliphatic heterocycles. The van der Waals surface area contributed by atoms with Crippen LogP contribution in [0.15, 0.2) is 71.9 Å². The van der Waals surface area contributed by atoms with Crippen LogP contribution in [0.2, 0.25) is 5.02 Å². The van der Waals surface area contributed by atoms with Crippen LogP contribution in [0.25, 0.3) is 16.9 Å². The molecule has 0 saturated heterocycles. The second-order valence-corrected chi connectivity index (χ2v) is 7.71. The Morgan fingerprint density at radius 1 is 1.14 bits per heavy atom. The van der Waals surface area contributed by atoms with Crippen LogP contribution in [0, 0.1) is 6.92 Å². The van der Waals surface area contributed by atoms with Crippen molar-refractivity contribution in [1.29, 1.82) is 0 Å². The molecule has 4 rings (SSSR count). The Balaban J connectivity index is 1.54. The number of halogens is 1. The average Bonchev–Trinajstić information content (AvgIpc) is 3.14. The number of anilines is 1. The topological polar surface area (TPSA) is 46.4 Å². The molecular formula is C22H18ClN3OS. The fourth-order valence-electron chi connectivity index (χ4n) is 3.02. The molecule has 0 aliphatic rings. The van der Waals surface area contributed by atoms with Gasteiger partial charge in [0.05, 0.1) is 16.3 Å². The van der Waals surface area contributed by atoms with E-state index in [0.717, 1.165) is 27.4 Å². The van der Waals surface area contributed by atoms with Gasteiger partial charge in [0.15, 0.2) is 0 Å². The van der Waals surface area contributed by atoms with Crippen molar-refractivity contribution in [1.82, 2.24) is 9.38 Å². The molecule has 1 N–H and O–H groups in total. The molecule has 2 aromatic carbocycles. The van der Waals surface area contributed by atoms with Crippen molar-refractivity contribution in [3.8, 4) is 11.3 Å².